The van der Waals surface area contributed by atoms with Crippen molar-refractivity contribution >= 4 is 40.6 Å². The zero-order valence-electron chi connectivity index (χ0n) is 15.1. The van der Waals surface area contributed by atoms with Crippen LogP contribution in [0.2, 0.25) is 5.02 Å². The van der Waals surface area contributed by atoms with Gasteiger partial charge >= 0.3 is 0 Å². The Balaban J connectivity index is 1.67. The quantitative estimate of drug-likeness (QED) is 0.590. The van der Waals surface area contributed by atoms with Crippen LogP contribution in [-0.2, 0) is 11.3 Å². The second kappa shape index (κ2) is 8.96. The summed E-state index contributed by atoms with van der Waals surface area (Å²) in [5, 5.41) is 9.18. The molecule has 3 rings (SSSR count). The Morgan fingerprint density at radius 3 is 2.57 bits per heavy atom. The molecular formula is C20H18ClN5O2. The van der Waals surface area contributed by atoms with Crippen LogP contribution in [0.25, 0.3) is 0 Å². The Morgan fingerprint density at radius 1 is 1.00 bits per heavy atom. The molecule has 0 fully saturated rings. The first kappa shape index (κ1) is 19.3. The van der Waals surface area contributed by atoms with E-state index in [1.165, 1.54) is 13.3 Å². The molecule has 0 bridgehead atoms. The lowest BCUT2D eigenvalue weighted by Crippen LogP contribution is -2.24. The summed E-state index contributed by atoms with van der Waals surface area (Å²) in [6, 6.07) is 16.0. The van der Waals surface area contributed by atoms with Crippen molar-refractivity contribution in [1.29, 1.82) is 0 Å². The molecular weight excluding hydrogens is 378 g/mol. The lowest BCUT2D eigenvalue weighted by atomic mass is 10.2. The molecule has 0 saturated heterocycles. The number of nitrogens with zero attached hydrogens (tertiary/aromatic N) is 2. The van der Waals surface area contributed by atoms with Gasteiger partial charge in [0.05, 0.1) is 0 Å². The summed E-state index contributed by atoms with van der Waals surface area (Å²) in [6.45, 7) is 1.74. The Bertz CT molecular complexity index is 1010. The molecule has 0 aliphatic carbocycles. The third-order valence-electron chi connectivity index (χ3n) is 3.75. The normalized spacial score (nSPS) is 10.2. The van der Waals surface area contributed by atoms with Crippen molar-refractivity contribution in [2.24, 2.45) is 0 Å². The number of benzene rings is 2. The summed E-state index contributed by atoms with van der Waals surface area (Å²) in [4.78, 5) is 31.7. The SMILES string of the molecule is CC(=O)Nc1cccc(Nc2cc(C(=O)NCc3ccccc3Cl)ncn2)c1. The fourth-order valence-electron chi connectivity index (χ4n) is 2.48. The number of rotatable bonds is 6. The minimum atomic E-state index is -0.336. The van der Waals surface area contributed by atoms with E-state index in [-0.39, 0.29) is 17.5 Å². The summed E-state index contributed by atoms with van der Waals surface area (Å²) in [5.74, 6) is -0.0353. The van der Waals surface area contributed by atoms with E-state index >= 15 is 0 Å². The second-order valence-electron chi connectivity index (χ2n) is 5.95. The average molecular weight is 396 g/mol. The van der Waals surface area contributed by atoms with Gasteiger partial charge in [-0.1, -0.05) is 35.9 Å². The van der Waals surface area contributed by atoms with E-state index in [0.717, 1.165) is 5.56 Å². The second-order valence-corrected chi connectivity index (χ2v) is 6.36. The molecule has 0 saturated carbocycles. The maximum atomic E-state index is 12.4. The molecule has 3 aromatic rings. The first-order chi connectivity index (χ1) is 13.5. The molecule has 8 heteroatoms. The average Bonchev–Trinajstić information content (AvgIpc) is 2.67. The van der Waals surface area contributed by atoms with Gasteiger partial charge in [0.25, 0.3) is 5.91 Å². The molecule has 1 heterocycles. The topological polar surface area (TPSA) is 96.0 Å². The van der Waals surface area contributed by atoms with Gasteiger partial charge in [0.1, 0.15) is 17.8 Å². The Kier molecular flexibility index (Phi) is 6.18. The molecule has 0 atom stereocenters. The number of hydrogen-bond donors (Lipinski definition) is 3. The lowest BCUT2D eigenvalue weighted by Gasteiger charge is -2.10. The van der Waals surface area contributed by atoms with Gasteiger partial charge in [-0.15, -0.1) is 0 Å². The number of anilines is 3. The first-order valence-electron chi connectivity index (χ1n) is 8.49. The minimum Gasteiger partial charge on any atom is -0.347 e. The first-order valence-corrected chi connectivity index (χ1v) is 8.87. The molecule has 0 aliphatic rings. The third-order valence-corrected chi connectivity index (χ3v) is 4.12. The number of amides is 2. The van der Waals surface area contributed by atoms with E-state index in [4.69, 9.17) is 11.6 Å². The predicted octanol–water partition coefficient (Wildman–Crippen LogP) is 3.76. The van der Waals surface area contributed by atoms with E-state index in [9.17, 15) is 9.59 Å². The smallest absolute Gasteiger partial charge is 0.270 e. The number of aromatic nitrogens is 2. The largest absolute Gasteiger partial charge is 0.347 e. The van der Waals surface area contributed by atoms with Crippen molar-refractivity contribution in [2.75, 3.05) is 10.6 Å². The van der Waals surface area contributed by atoms with Crippen LogP contribution < -0.4 is 16.0 Å². The maximum Gasteiger partial charge on any atom is 0.270 e. The third kappa shape index (κ3) is 5.28. The number of carbonyl (C=O) groups is 2. The molecule has 0 spiro atoms. The summed E-state index contributed by atoms with van der Waals surface area (Å²) in [7, 11) is 0. The summed E-state index contributed by atoms with van der Waals surface area (Å²) in [5.41, 5.74) is 2.42. The Hall–Kier alpha value is -3.45. The highest BCUT2D eigenvalue weighted by molar-refractivity contribution is 6.31. The van der Waals surface area contributed by atoms with Gasteiger partial charge in [0, 0.05) is 35.9 Å². The molecule has 3 N–H and O–H groups in total. The zero-order valence-corrected chi connectivity index (χ0v) is 15.8. The van der Waals surface area contributed by atoms with Gasteiger partial charge < -0.3 is 16.0 Å². The van der Waals surface area contributed by atoms with Crippen LogP contribution in [-0.4, -0.2) is 21.8 Å². The molecule has 0 unspecified atom stereocenters. The summed E-state index contributed by atoms with van der Waals surface area (Å²) in [6.07, 6.45) is 1.31. The van der Waals surface area contributed by atoms with Crippen LogP contribution >= 0.6 is 11.6 Å². The van der Waals surface area contributed by atoms with E-state index in [0.29, 0.717) is 28.8 Å². The summed E-state index contributed by atoms with van der Waals surface area (Å²) < 4.78 is 0. The molecule has 28 heavy (non-hydrogen) atoms. The van der Waals surface area contributed by atoms with E-state index < -0.39 is 0 Å². The molecule has 2 amide bonds. The van der Waals surface area contributed by atoms with Crippen LogP contribution in [0.3, 0.4) is 0 Å². The fourth-order valence-corrected chi connectivity index (χ4v) is 2.69. The highest BCUT2D eigenvalue weighted by Gasteiger charge is 2.10. The standard InChI is InChI=1S/C20H18ClN5O2/c1-13(27)25-15-6-4-7-16(9-15)26-19-10-18(23-12-24-19)20(28)22-11-14-5-2-3-8-17(14)21/h2-10,12H,11H2,1H3,(H,22,28)(H,25,27)(H,23,24,26). The number of carbonyl (C=O) groups excluding carboxylic acids is 2. The molecule has 2 aromatic carbocycles. The monoisotopic (exact) mass is 395 g/mol. The van der Waals surface area contributed by atoms with Crippen molar-refractivity contribution in [2.45, 2.75) is 13.5 Å². The van der Waals surface area contributed by atoms with E-state index in [1.54, 1.807) is 30.3 Å². The zero-order chi connectivity index (χ0) is 19.9. The maximum absolute atomic E-state index is 12.4. The molecule has 0 aliphatic heterocycles. The lowest BCUT2D eigenvalue weighted by molar-refractivity contribution is -0.114. The molecule has 142 valence electrons. The van der Waals surface area contributed by atoms with Gasteiger partial charge in [-0.05, 0) is 29.8 Å². The van der Waals surface area contributed by atoms with E-state index in [1.807, 2.05) is 24.3 Å². The van der Waals surface area contributed by atoms with Crippen molar-refractivity contribution in [3.8, 4) is 0 Å². The van der Waals surface area contributed by atoms with Gasteiger partial charge in [0.15, 0.2) is 0 Å². The van der Waals surface area contributed by atoms with Gasteiger partial charge in [-0.25, -0.2) is 9.97 Å². The van der Waals surface area contributed by atoms with Crippen LogP contribution in [0.4, 0.5) is 17.2 Å². The molecule has 7 nitrogen and oxygen atoms in total. The predicted molar refractivity (Wildman–Crippen MR) is 109 cm³/mol. The van der Waals surface area contributed by atoms with Gasteiger partial charge in [-0.2, -0.15) is 0 Å². The highest BCUT2D eigenvalue weighted by Crippen LogP contribution is 2.19. The van der Waals surface area contributed by atoms with Crippen LogP contribution in [0.1, 0.15) is 23.0 Å². The van der Waals surface area contributed by atoms with Crippen molar-refractivity contribution in [3.05, 3.63) is 77.2 Å². The highest BCUT2D eigenvalue weighted by atomic mass is 35.5. The van der Waals surface area contributed by atoms with Crippen molar-refractivity contribution < 1.29 is 9.59 Å². The van der Waals surface area contributed by atoms with Crippen molar-refractivity contribution in [3.63, 3.8) is 0 Å². The fraction of sp³-hybridized carbons (Fsp3) is 0.100. The summed E-state index contributed by atoms with van der Waals surface area (Å²) >= 11 is 6.10. The van der Waals surface area contributed by atoms with Gasteiger partial charge in [0.2, 0.25) is 5.91 Å². The van der Waals surface area contributed by atoms with Gasteiger partial charge in [-0.3, -0.25) is 9.59 Å². The number of nitrogens with one attached hydrogen (secondary N) is 3. The van der Waals surface area contributed by atoms with Crippen LogP contribution in [0.5, 0.6) is 0 Å². The number of hydrogen-bond acceptors (Lipinski definition) is 5. The van der Waals surface area contributed by atoms with Crippen molar-refractivity contribution in [1.82, 2.24) is 15.3 Å². The van der Waals surface area contributed by atoms with Crippen LogP contribution in [0.15, 0.2) is 60.9 Å². The Morgan fingerprint density at radius 2 is 1.79 bits per heavy atom. The van der Waals surface area contributed by atoms with E-state index in [2.05, 4.69) is 25.9 Å². The molecule has 0 radical (unpaired) electrons. The Labute approximate surface area is 167 Å². The van der Waals surface area contributed by atoms with Crippen LogP contribution in [0, 0.1) is 0 Å². The number of halogens is 1. The molecule has 1 aromatic heterocycles. The minimum absolute atomic E-state index is 0.156.